The molecule has 2 aromatic rings. The van der Waals surface area contributed by atoms with Gasteiger partial charge in [0.25, 0.3) is 0 Å². The van der Waals surface area contributed by atoms with Crippen molar-refractivity contribution in [2.45, 2.75) is 12.8 Å². The predicted molar refractivity (Wildman–Crippen MR) is 64.2 cm³/mol. The van der Waals surface area contributed by atoms with E-state index in [-0.39, 0.29) is 5.82 Å². The van der Waals surface area contributed by atoms with Gasteiger partial charge in [-0.05, 0) is 37.6 Å². The summed E-state index contributed by atoms with van der Waals surface area (Å²) < 4.78 is 13.1. The Labute approximate surface area is 99.1 Å². The molecular weight excluding hydrogens is 217 g/mol. The molecule has 4 heteroatoms. The van der Waals surface area contributed by atoms with E-state index in [2.05, 4.69) is 15.3 Å². The summed E-state index contributed by atoms with van der Waals surface area (Å²) in [6, 6.07) is 4.62. The van der Waals surface area contributed by atoms with Crippen LogP contribution in [0.15, 0.2) is 24.4 Å². The van der Waals surface area contributed by atoms with Crippen LogP contribution in [0.25, 0.3) is 10.9 Å². The standard InChI is InChI=1S/C13H14FN3/c14-11-2-1-10-8-16-13(17-12(10)6-11)5-9-3-4-15-7-9/h1-2,6,8-9,15H,3-5,7H2. The maximum Gasteiger partial charge on any atom is 0.129 e. The lowest BCUT2D eigenvalue weighted by Gasteiger charge is -2.07. The van der Waals surface area contributed by atoms with E-state index in [0.717, 1.165) is 30.7 Å². The second-order valence-electron chi connectivity index (χ2n) is 4.55. The number of hydrogen-bond donors (Lipinski definition) is 1. The molecule has 1 aromatic carbocycles. The number of rotatable bonds is 2. The zero-order valence-corrected chi connectivity index (χ0v) is 9.49. The summed E-state index contributed by atoms with van der Waals surface area (Å²) in [7, 11) is 0. The molecule has 0 radical (unpaired) electrons. The van der Waals surface area contributed by atoms with Crippen molar-refractivity contribution in [2.24, 2.45) is 5.92 Å². The van der Waals surface area contributed by atoms with Crippen LogP contribution in [0.2, 0.25) is 0 Å². The van der Waals surface area contributed by atoms with Crippen molar-refractivity contribution in [3.63, 3.8) is 0 Å². The first-order valence-electron chi connectivity index (χ1n) is 5.93. The van der Waals surface area contributed by atoms with Crippen LogP contribution >= 0.6 is 0 Å². The van der Waals surface area contributed by atoms with Crippen molar-refractivity contribution >= 4 is 10.9 Å². The number of hydrogen-bond acceptors (Lipinski definition) is 3. The van der Waals surface area contributed by atoms with Crippen molar-refractivity contribution in [1.29, 1.82) is 0 Å². The predicted octanol–water partition coefficient (Wildman–Crippen LogP) is 1.92. The quantitative estimate of drug-likeness (QED) is 0.858. The van der Waals surface area contributed by atoms with Crippen molar-refractivity contribution < 1.29 is 4.39 Å². The van der Waals surface area contributed by atoms with Crippen molar-refractivity contribution in [2.75, 3.05) is 13.1 Å². The Kier molecular flexibility index (Phi) is 2.73. The zero-order chi connectivity index (χ0) is 11.7. The van der Waals surface area contributed by atoms with Gasteiger partial charge in [-0.3, -0.25) is 0 Å². The van der Waals surface area contributed by atoms with E-state index in [9.17, 15) is 4.39 Å². The van der Waals surface area contributed by atoms with E-state index in [1.54, 1.807) is 12.3 Å². The molecule has 88 valence electrons. The van der Waals surface area contributed by atoms with Gasteiger partial charge >= 0.3 is 0 Å². The number of aromatic nitrogens is 2. The van der Waals surface area contributed by atoms with Crippen LogP contribution in [0.1, 0.15) is 12.2 Å². The highest BCUT2D eigenvalue weighted by Gasteiger charge is 2.16. The summed E-state index contributed by atoms with van der Waals surface area (Å²) in [6.45, 7) is 2.11. The smallest absolute Gasteiger partial charge is 0.129 e. The highest BCUT2D eigenvalue weighted by molar-refractivity contribution is 5.77. The molecule has 2 heterocycles. The molecule has 3 nitrogen and oxygen atoms in total. The fourth-order valence-corrected chi connectivity index (χ4v) is 2.28. The molecule has 0 bridgehead atoms. The molecule has 0 aliphatic carbocycles. The van der Waals surface area contributed by atoms with E-state index < -0.39 is 0 Å². The molecule has 17 heavy (non-hydrogen) atoms. The van der Waals surface area contributed by atoms with Crippen LogP contribution in [0.3, 0.4) is 0 Å². The number of halogens is 1. The van der Waals surface area contributed by atoms with Gasteiger partial charge < -0.3 is 5.32 Å². The van der Waals surface area contributed by atoms with E-state index in [1.807, 2.05) is 0 Å². The summed E-state index contributed by atoms with van der Waals surface area (Å²) >= 11 is 0. The van der Waals surface area contributed by atoms with Crippen LogP contribution < -0.4 is 5.32 Å². The minimum absolute atomic E-state index is 0.246. The Bertz CT molecular complexity index is 535. The Balaban J connectivity index is 1.89. The summed E-state index contributed by atoms with van der Waals surface area (Å²) in [5.41, 5.74) is 0.695. The molecule has 0 amide bonds. The number of fused-ring (bicyclic) bond motifs is 1. The Morgan fingerprint density at radius 2 is 2.35 bits per heavy atom. The van der Waals surface area contributed by atoms with Gasteiger partial charge in [0.05, 0.1) is 5.52 Å². The first kappa shape index (κ1) is 10.6. The second-order valence-corrected chi connectivity index (χ2v) is 4.55. The number of nitrogens with zero attached hydrogens (tertiary/aromatic N) is 2. The topological polar surface area (TPSA) is 37.8 Å². The van der Waals surface area contributed by atoms with Gasteiger partial charge in [0, 0.05) is 24.1 Å². The molecule has 1 aromatic heterocycles. The lowest BCUT2D eigenvalue weighted by Crippen LogP contribution is -2.12. The normalized spacial score (nSPS) is 19.9. The van der Waals surface area contributed by atoms with Crippen molar-refractivity contribution in [1.82, 2.24) is 15.3 Å². The fraction of sp³-hybridized carbons (Fsp3) is 0.385. The van der Waals surface area contributed by atoms with Crippen LogP contribution in [-0.4, -0.2) is 23.1 Å². The highest BCUT2D eigenvalue weighted by Crippen LogP contribution is 2.16. The third kappa shape index (κ3) is 2.26. The first-order valence-corrected chi connectivity index (χ1v) is 5.93. The lowest BCUT2D eigenvalue weighted by molar-refractivity contribution is 0.562. The summed E-state index contributed by atoms with van der Waals surface area (Å²) in [5.74, 6) is 1.18. The Morgan fingerprint density at radius 3 is 3.18 bits per heavy atom. The molecule has 1 saturated heterocycles. The first-order chi connectivity index (χ1) is 8.31. The molecule has 1 atom stereocenters. The number of nitrogens with one attached hydrogen (secondary N) is 1. The third-order valence-electron chi connectivity index (χ3n) is 3.23. The molecule has 1 fully saturated rings. The molecule has 0 spiro atoms. The van der Waals surface area contributed by atoms with Crippen LogP contribution in [-0.2, 0) is 6.42 Å². The second kappa shape index (κ2) is 4.37. The van der Waals surface area contributed by atoms with E-state index in [0.29, 0.717) is 11.4 Å². The highest BCUT2D eigenvalue weighted by atomic mass is 19.1. The van der Waals surface area contributed by atoms with E-state index in [4.69, 9.17) is 0 Å². The van der Waals surface area contributed by atoms with Gasteiger partial charge in [-0.2, -0.15) is 0 Å². The maximum atomic E-state index is 13.1. The van der Waals surface area contributed by atoms with Gasteiger partial charge in [0.1, 0.15) is 11.6 Å². The SMILES string of the molecule is Fc1ccc2cnc(CC3CCNC3)nc2c1. The molecule has 1 unspecified atom stereocenters. The summed E-state index contributed by atoms with van der Waals surface area (Å²) in [5, 5.41) is 4.21. The van der Waals surface area contributed by atoms with Gasteiger partial charge in [0.15, 0.2) is 0 Å². The van der Waals surface area contributed by atoms with Gasteiger partial charge in [0.2, 0.25) is 0 Å². The average Bonchev–Trinajstić information content (AvgIpc) is 2.81. The van der Waals surface area contributed by atoms with E-state index >= 15 is 0 Å². The summed E-state index contributed by atoms with van der Waals surface area (Å²) in [6.07, 6.45) is 3.82. The van der Waals surface area contributed by atoms with Crippen LogP contribution in [0.5, 0.6) is 0 Å². The van der Waals surface area contributed by atoms with Crippen LogP contribution in [0.4, 0.5) is 4.39 Å². The lowest BCUT2D eigenvalue weighted by atomic mass is 10.0. The monoisotopic (exact) mass is 231 g/mol. The summed E-state index contributed by atoms with van der Waals surface area (Å²) in [4.78, 5) is 8.76. The van der Waals surface area contributed by atoms with E-state index in [1.165, 1.54) is 18.6 Å². The molecule has 3 rings (SSSR count). The molecule has 1 aliphatic rings. The largest absolute Gasteiger partial charge is 0.316 e. The average molecular weight is 231 g/mol. The van der Waals surface area contributed by atoms with Gasteiger partial charge in [-0.25, -0.2) is 14.4 Å². The van der Waals surface area contributed by atoms with Crippen molar-refractivity contribution in [3.8, 4) is 0 Å². The minimum Gasteiger partial charge on any atom is -0.316 e. The number of benzene rings is 1. The zero-order valence-electron chi connectivity index (χ0n) is 9.49. The molecule has 0 saturated carbocycles. The molecule has 1 aliphatic heterocycles. The molecular formula is C13H14FN3. The third-order valence-corrected chi connectivity index (χ3v) is 3.23. The Morgan fingerprint density at radius 1 is 1.41 bits per heavy atom. The fourth-order valence-electron chi connectivity index (χ4n) is 2.28. The van der Waals surface area contributed by atoms with Crippen LogP contribution in [0, 0.1) is 11.7 Å². The van der Waals surface area contributed by atoms with Crippen molar-refractivity contribution in [3.05, 3.63) is 36.0 Å². The Hall–Kier alpha value is -1.55. The maximum absolute atomic E-state index is 13.1. The van der Waals surface area contributed by atoms with Gasteiger partial charge in [-0.15, -0.1) is 0 Å². The van der Waals surface area contributed by atoms with Gasteiger partial charge in [-0.1, -0.05) is 0 Å². The minimum atomic E-state index is -0.246. The molecule has 1 N–H and O–H groups in total.